The fourth-order valence-corrected chi connectivity index (χ4v) is 3.41. The first kappa shape index (κ1) is 16.1. The van der Waals surface area contributed by atoms with Crippen LogP contribution in [0.1, 0.15) is 5.01 Å². The number of benzene rings is 1. The Bertz CT molecular complexity index is 1050. The molecule has 0 saturated carbocycles. The average molecular weight is 347 g/mol. The molecule has 0 bridgehead atoms. The largest absolute Gasteiger partial charge is 0.494 e. The molecule has 2 heterocycles. The summed E-state index contributed by atoms with van der Waals surface area (Å²) in [6.07, 6.45) is 0. The van der Waals surface area contributed by atoms with Gasteiger partial charge in [-0.1, -0.05) is 0 Å². The predicted molar refractivity (Wildman–Crippen MR) is 89.8 cm³/mol. The van der Waals surface area contributed by atoms with Gasteiger partial charge in [-0.2, -0.15) is 0 Å². The van der Waals surface area contributed by atoms with Crippen molar-refractivity contribution in [2.45, 2.75) is 6.92 Å². The maximum Gasteiger partial charge on any atom is 0.333 e. The van der Waals surface area contributed by atoms with Gasteiger partial charge in [-0.3, -0.25) is 13.9 Å². The highest BCUT2D eigenvalue weighted by Gasteiger charge is 2.23. The Kier molecular flexibility index (Phi) is 3.84. The van der Waals surface area contributed by atoms with Crippen molar-refractivity contribution in [2.24, 2.45) is 14.1 Å². The summed E-state index contributed by atoms with van der Waals surface area (Å²) < 4.78 is 15.1. The third-order valence-corrected chi connectivity index (χ3v) is 4.70. The molecule has 2 aromatic heterocycles. The summed E-state index contributed by atoms with van der Waals surface area (Å²) in [5, 5.41) is 11.0. The topological polar surface area (TPSA) is 77.1 Å². The van der Waals surface area contributed by atoms with Crippen molar-refractivity contribution < 1.29 is 9.50 Å². The molecule has 0 radical (unpaired) electrons. The lowest BCUT2D eigenvalue weighted by atomic mass is 10.1. The van der Waals surface area contributed by atoms with Crippen molar-refractivity contribution in [3.63, 3.8) is 0 Å². The fraction of sp³-hybridized carbons (Fsp3) is 0.188. The minimum atomic E-state index is -0.620. The Balaban J connectivity index is 2.36. The van der Waals surface area contributed by atoms with E-state index in [4.69, 9.17) is 0 Å². The molecule has 8 heteroatoms. The summed E-state index contributed by atoms with van der Waals surface area (Å²) in [5.74, 6) is -0.803. The molecular formula is C16H14FN3O3S. The SMILES string of the molecule is Cc1nc(-c2ccc(F)cc2)c(-c2c(O)n(C)c(=O)n(C)c2=O)s1. The van der Waals surface area contributed by atoms with E-state index in [1.165, 1.54) is 37.6 Å². The van der Waals surface area contributed by atoms with Gasteiger partial charge in [-0.05, 0) is 31.2 Å². The molecular weight excluding hydrogens is 333 g/mol. The van der Waals surface area contributed by atoms with Crippen molar-refractivity contribution in [2.75, 3.05) is 0 Å². The second-order valence-electron chi connectivity index (χ2n) is 5.32. The zero-order valence-electron chi connectivity index (χ0n) is 13.2. The van der Waals surface area contributed by atoms with Crippen molar-refractivity contribution in [3.05, 3.63) is 55.9 Å². The van der Waals surface area contributed by atoms with E-state index in [-0.39, 0.29) is 11.4 Å². The van der Waals surface area contributed by atoms with Crippen LogP contribution < -0.4 is 11.2 Å². The molecule has 0 aliphatic carbocycles. The Labute approximate surface area is 140 Å². The number of halogens is 1. The maximum absolute atomic E-state index is 13.2. The lowest BCUT2D eigenvalue weighted by molar-refractivity contribution is 0.415. The lowest BCUT2D eigenvalue weighted by Gasteiger charge is -2.10. The fourth-order valence-electron chi connectivity index (χ4n) is 2.43. The van der Waals surface area contributed by atoms with Crippen LogP contribution >= 0.6 is 11.3 Å². The van der Waals surface area contributed by atoms with Crippen LogP contribution in [0.15, 0.2) is 33.9 Å². The third kappa shape index (κ3) is 2.44. The molecule has 3 aromatic rings. The Morgan fingerprint density at radius 2 is 1.75 bits per heavy atom. The summed E-state index contributed by atoms with van der Waals surface area (Å²) >= 11 is 1.22. The number of nitrogens with zero attached hydrogens (tertiary/aromatic N) is 3. The molecule has 0 spiro atoms. The first-order valence-electron chi connectivity index (χ1n) is 7.04. The van der Waals surface area contributed by atoms with Crippen molar-refractivity contribution in [1.29, 1.82) is 0 Å². The van der Waals surface area contributed by atoms with Gasteiger partial charge in [0.05, 0.1) is 15.6 Å². The van der Waals surface area contributed by atoms with E-state index >= 15 is 0 Å². The van der Waals surface area contributed by atoms with Crippen LogP contribution in [0.2, 0.25) is 0 Å². The van der Waals surface area contributed by atoms with Crippen LogP contribution in [0.4, 0.5) is 4.39 Å². The summed E-state index contributed by atoms with van der Waals surface area (Å²) in [5.41, 5.74) is -0.146. The molecule has 0 fully saturated rings. The number of aromatic hydroxyl groups is 1. The van der Waals surface area contributed by atoms with E-state index in [2.05, 4.69) is 4.98 Å². The van der Waals surface area contributed by atoms with Gasteiger partial charge in [0.15, 0.2) is 0 Å². The van der Waals surface area contributed by atoms with Gasteiger partial charge in [-0.15, -0.1) is 11.3 Å². The molecule has 1 aromatic carbocycles. The van der Waals surface area contributed by atoms with Crippen LogP contribution in [-0.2, 0) is 14.1 Å². The van der Waals surface area contributed by atoms with Gasteiger partial charge in [0.1, 0.15) is 11.4 Å². The number of aryl methyl sites for hydroxylation is 1. The Hall–Kier alpha value is -2.74. The van der Waals surface area contributed by atoms with E-state index in [0.29, 0.717) is 21.1 Å². The number of hydrogen-bond donors (Lipinski definition) is 1. The first-order valence-corrected chi connectivity index (χ1v) is 7.85. The smallest absolute Gasteiger partial charge is 0.333 e. The monoisotopic (exact) mass is 347 g/mol. The number of hydrogen-bond acceptors (Lipinski definition) is 5. The van der Waals surface area contributed by atoms with E-state index < -0.39 is 17.1 Å². The molecule has 124 valence electrons. The third-order valence-electron chi connectivity index (χ3n) is 3.71. The molecule has 0 amide bonds. The lowest BCUT2D eigenvalue weighted by Crippen LogP contribution is -2.37. The molecule has 0 aliphatic heterocycles. The van der Waals surface area contributed by atoms with Crippen molar-refractivity contribution in [1.82, 2.24) is 14.1 Å². The summed E-state index contributed by atoms with van der Waals surface area (Å²) in [7, 11) is 2.73. The summed E-state index contributed by atoms with van der Waals surface area (Å²) in [6, 6.07) is 5.70. The molecule has 3 rings (SSSR count). The zero-order chi connectivity index (χ0) is 17.6. The average Bonchev–Trinajstić information content (AvgIpc) is 2.93. The van der Waals surface area contributed by atoms with Gasteiger partial charge in [0, 0.05) is 19.7 Å². The highest BCUT2D eigenvalue weighted by molar-refractivity contribution is 7.15. The molecule has 0 aliphatic rings. The zero-order valence-corrected chi connectivity index (χ0v) is 14.0. The summed E-state index contributed by atoms with van der Waals surface area (Å²) in [6.45, 7) is 1.77. The molecule has 6 nitrogen and oxygen atoms in total. The van der Waals surface area contributed by atoms with Crippen molar-refractivity contribution >= 4 is 11.3 Å². The number of thiazole rings is 1. The molecule has 0 atom stereocenters. The van der Waals surface area contributed by atoms with Gasteiger partial charge < -0.3 is 5.11 Å². The second-order valence-corrected chi connectivity index (χ2v) is 6.53. The van der Waals surface area contributed by atoms with E-state index in [0.717, 1.165) is 9.13 Å². The Morgan fingerprint density at radius 3 is 2.38 bits per heavy atom. The molecule has 24 heavy (non-hydrogen) atoms. The van der Waals surface area contributed by atoms with Gasteiger partial charge in [0.2, 0.25) is 5.88 Å². The number of aromatic nitrogens is 3. The maximum atomic E-state index is 13.2. The highest BCUT2D eigenvalue weighted by atomic mass is 32.1. The van der Waals surface area contributed by atoms with E-state index in [1.807, 2.05) is 0 Å². The molecule has 1 N–H and O–H groups in total. The predicted octanol–water partition coefficient (Wildman–Crippen LogP) is 2.03. The van der Waals surface area contributed by atoms with Crippen LogP contribution in [-0.4, -0.2) is 19.2 Å². The van der Waals surface area contributed by atoms with E-state index in [9.17, 15) is 19.1 Å². The quantitative estimate of drug-likeness (QED) is 0.769. The summed E-state index contributed by atoms with van der Waals surface area (Å²) in [4.78, 5) is 29.3. The van der Waals surface area contributed by atoms with Crippen molar-refractivity contribution in [3.8, 4) is 27.6 Å². The highest BCUT2D eigenvalue weighted by Crippen LogP contribution is 2.38. The number of rotatable bonds is 2. The Morgan fingerprint density at radius 1 is 1.12 bits per heavy atom. The van der Waals surface area contributed by atoms with Gasteiger partial charge in [0.25, 0.3) is 5.56 Å². The van der Waals surface area contributed by atoms with Crippen LogP contribution in [0, 0.1) is 12.7 Å². The van der Waals surface area contributed by atoms with E-state index in [1.54, 1.807) is 19.1 Å². The first-order chi connectivity index (χ1) is 11.3. The van der Waals surface area contributed by atoms with Crippen LogP contribution in [0.25, 0.3) is 21.7 Å². The normalized spacial score (nSPS) is 11.0. The molecule has 0 unspecified atom stereocenters. The van der Waals surface area contributed by atoms with Crippen LogP contribution in [0.5, 0.6) is 5.88 Å². The van der Waals surface area contributed by atoms with Gasteiger partial charge in [-0.25, -0.2) is 14.2 Å². The minimum Gasteiger partial charge on any atom is -0.494 e. The second kappa shape index (κ2) is 5.72. The minimum absolute atomic E-state index is 0.00419. The molecule has 0 saturated heterocycles. The van der Waals surface area contributed by atoms with Gasteiger partial charge >= 0.3 is 5.69 Å². The van der Waals surface area contributed by atoms with Crippen LogP contribution in [0.3, 0.4) is 0 Å². The standard InChI is InChI=1S/C16H14FN3O3S/c1-8-18-12(9-4-6-10(17)7-5-9)13(24-8)11-14(21)19(2)16(23)20(3)15(11)22/h4-7,21H,1-3H3.